The number of likely N-dealkylation sites (N-methyl/N-ethyl adjacent to an activating group) is 1. The summed E-state index contributed by atoms with van der Waals surface area (Å²) in [7, 11) is 0. The van der Waals surface area contributed by atoms with Gasteiger partial charge in [0.1, 0.15) is 0 Å². The zero-order chi connectivity index (χ0) is 18.5. The average Bonchev–Trinajstić information content (AvgIpc) is 3.11. The second kappa shape index (κ2) is 8.14. The van der Waals surface area contributed by atoms with Crippen molar-refractivity contribution < 1.29 is 14.7 Å². The van der Waals surface area contributed by atoms with Crippen LogP contribution in [-0.4, -0.2) is 56.8 Å². The maximum atomic E-state index is 12.2. The number of rotatable bonds is 8. The molecule has 2 aromatic rings. The fourth-order valence-electron chi connectivity index (χ4n) is 3.33. The predicted octanol–water partition coefficient (Wildman–Crippen LogP) is 1.47. The van der Waals surface area contributed by atoms with Crippen LogP contribution in [0.2, 0.25) is 0 Å². The fourth-order valence-corrected chi connectivity index (χ4v) is 3.33. The number of aliphatic carboxylic acids is 1. The Morgan fingerprint density at radius 3 is 2.62 bits per heavy atom. The number of hydrogen-bond donors (Lipinski definition) is 2. The molecule has 0 unspecified atom stereocenters. The summed E-state index contributed by atoms with van der Waals surface area (Å²) < 4.78 is 1.77. The number of carbonyl (C=O) groups excluding carboxylic acids is 1. The molecule has 1 saturated carbocycles. The number of benzene rings is 1. The van der Waals surface area contributed by atoms with Crippen LogP contribution in [0.15, 0.2) is 42.7 Å². The number of hydrogen-bond acceptors (Lipinski definition) is 4. The van der Waals surface area contributed by atoms with Crippen molar-refractivity contribution >= 4 is 11.9 Å². The summed E-state index contributed by atoms with van der Waals surface area (Å²) in [5, 5.41) is 16.1. The zero-order valence-electron chi connectivity index (χ0n) is 14.8. The summed E-state index contributed by atoms with van der Waals surface area (Å²) in [4.78, 5) is 25.0. The van der Waals surface area contributed by atoms with E-state index in [4.69, 9.17) is 5.11 Å². The highest BCUT2D eigenvalue weighted by molar-refractivity contribution is 5.79. The zero-order valence-corrected chi connectivity index (χ0v) is 14.8. The standard InChI is InChI=1S/C19H24N4O3/c1-2-22(13-19(25)26)17-11-15(12-17)21-18(24)10-14-4-6-16(7-5-14)23-9-3-8-20-23/h3-9,15,17H,2,10-13H2,1H3,(H,21,24)(H,25,26). The van der Waals surface area contributed by atoms with E-state index in [0.717, 1.165) is 24.1 Å². The molecule has 7 heteroatoms. The van der Waals surface area contributed by atoms with Gasteiger partial charge in [-0.3, -0.25) is 14.5 Å². The molecule has 7 nitrogen and oxygen atoms in total. The molecule has 0 bridgehead atoms. The Hall–Kier alpha value is -2.67. The normalized spacial score (nSPS) is 19.2. The van der Waals surface area contributed by atoms with Crippen LogP contribution in [0.1, 0.15) is 25.3 Å². The Morgan fingerprint density at radius 2 is 2.04 bits per heavy atom. The topological polar surface area (TPSA) is 87.5 Å². The van der Waals surface area contributed by atoms with E-state index in [1.165, 1.54) is 0 Å². The van der Waals surface area contributed by atoms with Crippen molar-refractivity contribution in [2.24, 2.45) is 0 Å². The van der Waals surface area contributed by atoms with Crippen LogP contribution in [0.5, 0.6) is 0 Å². The highest BCUT2D eigenvalue weighted by Crippen LogP contribution is 2.25. The monoisotopic (exact) mass is 356 g/mol. The average molecular weight is 356 g/mol. The molecule has 1 aromatic carbocycles. The largest absolute Gasteiger partial charge is 0.480 e. The first kappa shape index (κ1) is 18.1. The molecule has 138 valence electrons. The SMILES string of the molecule is CCN(CC(=O)O)C1CC(NC(=O)Cc2ccc(-n3cccn3)cc2)C1. The quantitative estimate of drug-likeness (QED) is 0.748. The summed E-state index contributed by atoms with van der Waals surface area (Å²) in [6, 6.07) is 10.0. The third-order valence-electron chi connectivity index (χ3n) is 4.81. The van der Waals surface area contributed by atoms with Gasteiger partial charge in [0.25, 0.3) is 0 Å². The van der Waals surface area contributed by atoms with Gasteiger partial charge in [0.15, 0.2) is 0 Å². The number of nitrogens with zero attached hydrogens (tertiary/aromatic N) is 3. The van der Waals surface area contributed by atoms with E-state index >= 15 is 0 Å². The fraction of sp³-hybridized carbons (Fsp3) is 0.421. The van der Waals surface area contributed by atoms with Crippen LogP contribution in [0.4, 0.5) is 0 Å². The van der Waals surface area contributed by atoms with E-state index < -0.39 is 5.97 Å². The second-order valence-corrected chi connectivity index (χ2v) is 6.64. The molecule has 2 N–H and O–H groups in total. The van der Waals surface area contributed by atoms with Gasteiger partial charge < -0.3 is 10.4 Å². The lowest BCUT2D eigenvalue weighted by molar-refractivity contribution is -0.139. The van der Waals surface area contributed by atoms with Crippen molar-refractivity contribution in [2.75, 3.05) is 13.1 Å². The minimum absolute atomic E-state index is 0.00146. The van der Waals surface area contributed by atoms with Crippen LogP contribution in [0.25, 0.3) is 5.69 Å². The van der Waals surface area contributed by atoms with Gasteiger partial charge >= 0.3 is 5.97 Å². The predicted molar refractivity (Wildman–Crippen MR) is 97.1 cm³/mol. The third-order valence-corrected chi connectivity index (χ3v) is 4.81. The lowest BCUT2D eigenvalue weighted by Crippen LogP contribution is -2.55. The summed E-state index contributed by atoms with van der Waals surface area (Å²) >= 11 is 0. The van der Waals surface area contributed by atoms with Gasteiger partial charge in [-0.2, -0.15) is 5.10 Å². The highest BCUT2D eigenvalue weighted by atomic mass is 16.4. The smallest absolute Gasteiger partial charge is 0.317 e. The van der Waals surface area contributed by atoms with Gasteiger partial charge in [-0.05, 0) is 43.1 Å². The maximum Gasteiger partial charge on any atom is 0.317 e. The molecule has 0 saturated heterocycles. The maximum absolute atomic E-state index is 12.2. The molecular formula is C19H24N4O3. The van der Waals surface area contributed by atoms with E-state index in [-0.39, 0.29) is 24.5 Å². The van der Waals surface area contributed by atoms with E-state index in [1.54, 1.807) is 10.9 Å². The molecule has 1 aliphatic carbocycles. The first-order valence-corrected chi connectivity index (χ1v) is 8.89. The molecule has 1 aromatic heterocycles. The second-order valence-electron chi connectivity index (χ2n) is 6.64. The lowest BCUT2D eigenvalue weighted by Gasteiger charge is -2.42. The number of amides is 1. The number of carbonyl (C=O) groups is 2. The summed E-state index contributed by atoms with van der Waals surface area (Å²) in [5.74, 6) is -0.806. The molecule has 1 amide bonds. The van der Waals surface area contributed by atoms with Crippen LogP contribution < -0.4 is 5.32 Å². The van der Waals surface area contributed by atoms with E-state index in [2.05, 4.69) is 10.4 Å². The summed E-state index contributed by atoms with van der Waals surface area (Å²) in [6.45, 7) is 2.73. The highest BCUT2D eigenvalue weighted by Gasteiger charge is 2.34. The molecule has 1 fully saturated rings. The van der Waals surface area contributed by atoms with Crippen molar-refractivity contribution in [2.45, 2.75) is 38.3 Å². The lowest BCUT2D eigenvalue weighted by atomic mass is 9.85. The summed E-state index contributed by atoms with van der Waals surface area (Å²) in [5.41, 5.74) is 1.91. The number of carboxylic acids is 1. The van der Waals surface area contributed by atoms with Crippen LogP contribution in [0, 0.1) is 0 Å². The summed E-state index contributed by atoms with van der Waals surface area (Å²) in [6.07, 6.45) is 5.56. The van der Waals surface area contributed by atoms with E-state index in [0.29, 0.717) is 13.0 Å². The first-order chi connectivity index (χ1) is 12.5. The van der Waals surface area contributed by atoms with Gasteiger partial charge in [0, 0.05) is 24.5 Å². The number of nitrogens with one attached hydrogen (secondary N) is 1. The van der Waals surface area contributed by atoms with Gasteiger partial charge in [-0.1, -0.05) is 19.1 Å². The Balaban J connectivity index is 1.44. The van der Waals surface area contributed by atoms with Crippen LogP contribution >= 0.6 is 0 Å². The molecule has 3 rings (SSSR count). The molecule has 0 aliphatic heterocycles. The van der Waals surface area contributed by atoms with Crippen molar-refractivity contribution in [1.29, 1.82) is 0 Å². The van der Waals surface area contributed by atoms with Crippen LogP contribution in [-0.2, 0) is 16.0 Å². The molecule has 1 heterocycles. The van der Waals surface area contributed by atoms with E-state index in [9.17, 15) is 9.59 Å². The Morgan fingerprint density at radius 1 is 1.31 bits per heavy atom. The van der Waals surface area contributed by atoms with Crippen molar-refractivity contribution in [3.8, 4) is 5.69 Å². The van der Waals surface area contributed by atoms with Crippen molar-refractivity contribution in [3.05, 3.63) is 48.3 Å². The molecule has 0 spiro atoms. The molecule has 0 atom stereocenters. The molecular weight excluding hydrogens is 332 g/mol. The molecule has 1 aliphatic rings. The Bertz CT molecular complexity index is 737. The third kappa shape index (κ3) is 4.49. The van der Waals surface area contributed by atoms with E-state index in [1.807, 2.05) is 48.4 Å². The molecule has 0 radical (unpaired) electrons. The molecule has 26 heavy (non-hydrogen) atoms. The number of carboxylic acid groups (broad SMARTS) is 1. The Labute approximate surface area is 152 Å². The minimum Gasteiger partial charge on any atom is -0.480 e. The van der Waals surface area contributed by atoms with Gasteiger partial charge in [-0.15, -0.1) is 0 Å². The van der Waals surface area contributed by atoms with Crippen molar-refractivity contribution in [3.63, 3.8) is 0 Å². The van der Waals surface area contributed by atoms with Gasteiger partial charge in [0.05, 0.1) is 18.7 Å². The minimum atomic E-state index is -0.808. The van der Waals surface area contributed by atoms with Gasteiger partial charge in [-0.25, -0.2) is 4.68 Å². The first-order valence-electron chi connectivity index (χ1n) is 8.89. The van der Waals surface area contributed by atoms with Gasteiger partial charge in [0.2, 0.25) is 5.91 Å². The van der Waals surface area contributed by atoms with Crippen molar-refractivity contribution in [1.82, 2.24) is 20.0 Å². The van der Waals surface area contributed by atoms with Crippen LogP contribution in [0.3, 0.4) is 0 Å². The number of aromatic nitrogens is 2. The Kier molecular flexibility index (Phi) is 5.68.